The maximum absolute atomic E-state index is 13.1. The highest BCUT2D eigenvalue weighted by Crippen LogP contribution is 2.36. The Labute approximate surface area is 172 Å². The number of hydrogen-bond donors (Lipinski definition) is 0. The number of ether oxygens (including phenoxy) is 3. The van der Waals surface area contributed by atoms with Gasteiger partial charge in [-0.05, 0) is 43.2 Å². The number of nitrogens with zero attached hydrogens (tertiary/aromatic N) is 2. The van der Waals surface area contributed by atoms with E-state index in [-0.39, 0.29) is 17.8 Å². The molecule has 8 heteroatoms. The highest BCUT2D eigenvalue weighted by atomic mass is 32.1. The maximum atomic E-state index is 13.1. The van der Waals surface area contributed by atoms with Gasteiger partial charge < -0.3 is 18.6 Å². The molecule has 29 heavy (non-hydrogen) atoms. The Kier molecular flexibility index (Phi) is 5.82. The Morgan fingerprint density at radius 2 is 2.21 bits per heavy atom. The van der Waals surface area contributed by atoms with Gasteiger partial charge in [0.05, 0.1) is 38.8 Å². The summed E-state index contributed by atoms with van der Waals surface area (Å²) >= 11 is 1.39. The second-order valence-electron chi connectivity index (χ2n) is 6.61. The number of methoxy groups -OCH3 is 2. The van der Waals surface area contributed by atoms with Crippen molar-refractivity contribution in [3.05, 3.63) is 47.7 Å². The first-order valence-corrected chi connectivity index (χ1v) is 10.2. The molecule has 1 amide bonds. The SMILES string of the molecule is COc1ccc(OC)c(-c2csc(N(CC3CCCO3)C(=O)c3ccco3)n2)c1. The highest BCUT2D eigenvalue weighted by Gasteiger charge is 2.28. The van der Waals surface area contributed by atoms with E-state index in [2.05, 4.69) is 0 Å². The number of carbonyl (C=O) groups excluding carboxylic acids is 1. The Bertz CT molecular complexity index is 963. The number of anilines is 1. The van der Waals surface area contributed by atoms with Crippen LogP contribution < -0.4 is 14.4 Å². The molecule has 0 bridgehead atoms. The monoisotopic (exact) mass is 414 g/mol. The molecule has 1 aromatic carbocycles. The van der Waals surface area contributed by atoms with Crippen molar-refractivity contribution < 1.29 is 23.4 Å². The lowest BCUT2D eigenvalue weighted by molar-refractivity contribution is 0.0895. The molecule has 0 saturated carbocycles. The minimum Gasteiger partial charge on any atom is -0.497 e. The summed E-state index contributed by atoms with van der Waals surface area (Å²) < 4.78 is 21.9. The molecule has 1 aliphatic rings. The third-order valence-corrected chi connectivity index (χ3v) is 5.66. The van der Waals surface area contributed by atoms with Gasteiger partial charge in [0, 0.05) is 17.6 Å². The summed E-state index contributed by atoms with van der Waals surface area (Å²) in [5.41, 5.74) is 1.52. The van der Waals surface area contributed by atoms with Gasteiger partial charge in [0.15, 0.2) is 10.9 Å². The summed E-state index contributed by atoms with van der Waals surface area (Å²) in [5, 5.41) is 2.49. The molecule has 0 spiro atoms. The molecule has 152 valence electrons. The summed E-state index contributed by atoms with van der Waals surface area (Å²) in [6.45, 7) is 1.15. The molecule has 3 heterocycles. The topological polar surface area (TPSA) is 74.0 Å². The summed E-state index contributed by atoms with van der Waals surface area (Å²) in [6, 6.07) is 8.90. The fourth-order valence-electron chi connectivity index (χ4n) is 3.30. The van der Waals surface area contributed by atoms with Crippen LogP contribution in [-0.4, -0.2) is 44.4 Å². The molecule has 0 radical (unpaired) electrons. The normalized spacial score (nSPS) is 16.0. The van der Waals surface area contributed by atoms with Gasteiger partial charge in [-0.1, -0.05) is 0 Å². The van der Waals surface area contributed by atoms with Crippen LogP contribution in [0.15, 0.2) is 46.4 Å². The van der Waals surface area contributed by atoms with Crippen LogP contribution in [0.25, 0.3) is 11.3 Å². The van der Waals surface area contributed by atoms with Crippen molar-refractivity contribution in [1.29, 1.82) is 0 Å². The van der Waals surface area contributed by atoms with Crippen LogP contribution in [-0.2, 0) is 4.74 Å². The van der Waals surface area contributed by atoms with E-state index in [1.54, 1.807) is 31.3 Å². The number of amides is 1. The molecule has 1 fully saturated rings. The molecule has 0 aliphatic carbocycles. The van der Waals surface area contributed by atoms with Gasteiger partial charge in [-0.25, -0.2) is 4.98 Å². The molecular formula is C21H22N2O5S. The first-order chi connectivity index (χ1) is 14.2. The number of carbonyl (C=O) groups is 1. The van der Waals surface area contributed by atoms with Crippen molar-refractivity contribution in [2.24, 2.45) is 0 Å². The lowest BCUT2D eigenvalue weighted by Crippen LogP contribution is -2.37. The number of benzene rings is 1. The summed E-state index contributed by atoms with van der Waals surface area (Å²) in [7, 11) is 3.23. The molecular weight excluding hydrogens is 392 g/mol. The third-order valence-electron chi connectivity index (χ3n) is 4.79. The van der Waals surface area contributed by atoms with Crippen LogP contribution in [0.2, 0.25) is 0 Å². The molecule has 0 N–H and O–H groups in total. The zero-order chi connectivity index (χ0) is 20.2. The van der Waals surface area contributed by atoms with E-state index in [1.807, 2.05) is 23.6 Å². The Morgan fingerprint density at radius 1 is 1.31 bits per heavy atom. The van der Waals surface area contributed by atoms with Gasteiger partial charge in [0.2, 0.25) is 0 Å². The van der Waals surface area contributed by atoms with Crippen molar-refractivity contribution in [2.75, 3.05) is 32.3 Å². The second kappa shape index (κ2) is 8.67. The number of furan rings is 1. The molecule has 2 aromatic heterocycles. The number of rotatable bonds is 7. The number of aromatic nitrogens is 1. The smallest absolute Gasteiger partial charge is 0.295 e. The van der Waals surface area contributed by atoms with E-state index < -0.39 is 0 Å². The molecule has 1 atom stereocenters. The van der Waals surface area contributed by atoms with Gasteiger partial charge in [-0.3, -0.25) is 9.69 Å². The number of thiazole rings is 1. The average molecular weight is 414 g/mol. The largest absolute Gasteiger partial charge is 0.497 e. The fourth-order valence-corrected chi connectivity index (χ4v) is 4.13. The van der Waals surface area contributed by atoms with Crippen LogP contribution in [0, 0.1) is 0 Å². The molecule has 1 saturated heterocycles. The van der Waals surface area contributed by atoms with Crippen LogP contribution >= 0.6 is 11.3 Å². The van der Waals surface area contributed by atoms with E-state index in [9.17, 15) is 4.79 Å². The van der Waals surface area contributed by atoms with Crippen LogP contribution in [0.5, 0.6) is 11.5 Å². The first kappa shape index (κ1) is 19.5. The highest BCUT2D eigenvalue weighted by molar-refractivity contribution is 7.14. The zero-order valence-electron chi connectivity index (χ0n) is 16.3. The standard InChI is InChI=1S/C21H22N2O5S/c1-25-14-7-8-18(26-2)16(11-14)17-13-29-21(22-17)23(12-15-5-3-9-27-15)20(24)19-6-4-10-28-19/h4,6-8,10-11,13,15H,3,5,9,12H2,1-2H3. The summed E-state index contributed by atoms with van der Waals surface area (Å²) in [6.07, 6.45) is 3.40. The number of hydrogen-bond acceptors (Lipinski definition) is 7. The van der Waals surface area contributed by atoms with Gasteiger partial charge >= 0.3 is 0 Å². The molecule has 1 aliphatic heterocycles. The lowest BCUT2D eigenvalue weighted by atomic mass is 10.1. The van der Waals surface area contributed by atoms with Crippen LogP contribution in [0.1, 0.15) is 23.4 Å². The van der Waals surface area contributed by atoms with E-state index in [0.29, 0.717) is 28.9 Å². The predicted molar refractivity (Wildman–Crippen MR) is 110 cm³/mol. The zero-order valence-corrected chi connectivity index (χ0v) is 17.1. The van der Waals surface area contributed by atoms with Crippen molar-refractivity contribution in [2.45, 2.75) is 18.9 Å². The van der Waals surface area contributed by atoms with Crippen molar-refractivity contribution in [3.8, 4) is 22.8 Å². The van der Waals surface area contributed by atoms with E-state index in [4.69, 9.17) is 23.6 Å². The van der Waals surface area contributed by atoms with Crippen molar-refractivity contribution in [3.63, 3.8) is 0 Å². The summed E-state index contributed by atoms with van der Waals surface area (Å²) in [5.74, 6) is 1.44. The van der Waals surface area contributed by atoms with Gasteiger partial charge in [-0.2, -0.15) is 0 Å². The average Bonchev–Trinajstić information content (AvgIpc) is 3.53. The maximum Gasteiger partial charge on any atom is 0.295 e. The van der Waals surface area contributed by atoms with Gasteiger partial charge in [0.1, 0.15) is 11.5 Å². The first-order valence-electron chi connectivity index (χ1n) is 9.34. The fraction of sp³-hybridized carbons (Fsp3) is 0.333. The lowest BCUT2D eigenvalue weighted by Gasteiger charge is -2.22. The molecule has 3 aromatic rings. The van der Waals surface area contributed by atoms with Gasteiger partial charge in [0.25, 0.3) is 5.91 Å². The minimum atomic E-state index is -0.232. The Balaban J connectivity index is 1.67. The van der Waals surface area contributed by atoms with E-state index >= 15 is 0 Å². The molecule has 4 rings (SSSR count). The van der Waals surface area contributed by atoms with Gasteiger partial charge in [-0.15, -0.1) is 11.3 Å². The van der Waals surface area contributed by atoms with Crippen LogP contribution in [0.4, 0.5) is 5.13 Å². The predicted octanol–water partition coefficient (Wildman–Crippen LogP) is 4.25. The van der Waals surface area contributed by atoms with Crippen molar-refractivity contribution in [1.82, 2.24) is 4.98 Å². The third kappa shape index (κ3) is 4.13. The molecule has 1 unspecified atom stereocenters. The minimum absolute atomic E-state index is 0.00684. The Morgan fingerprint density at radius 3 is 2.90 bits per heavy atom. The van der Waals surface area contributed by atoms with Crippen LogP contribution in [0.3, 0.4) is 0 Å². The Hall–Kier alpha value is -2.84. The van der Waals surface area contributed by atoms with E-state index in [0.717, 1.165) is 25.0 Å². The quantitative estimate of drug-likeness (QED) is 0.576. The second-order valence-corrected chi connectivity index (χ2v) is 7.45. The van der Waals surface area contributed by atoms with Crippen molar-refractivity contribution >= 4 is 22.4 Å². The van der Waals surface area contributed by atoms with E-state index in [1.165, 1.54) is 17.6 Å². The summed E-state index contributed by atoms with van der Waals surface area (Å²) in [4.78, 5) is 19.4. The molecule has 7 nitrogen and oxygen atoms in total.